The Hall–Kier alpha value is -1.08. The fourth-order valence-electron chi connectivity index (χ4n) is 1.52. The maximum absolute atomic E-state index is 11.4. The van der Waals surface area contributed by atoms with E-state index in [0.29, 0.717) is 13.1 Å². The van der Waals surface area contributed by atoms with Gasteiger partial charge in [0.25, 0.3) is 0 Å². The van der Waals surface area contributed by atoms with Gasteiger partial charge < -0.3 is 5.11 Å². The van der Waals surface area contributed by atoms with Crippen LogP contribution in [-0.2, 0) is 10.0 Å². The number of aromatic nitrogens is 2. The molecule has 84 valence electrons. The van der Waals surface area contributed by atoms with Gasteiger partial charge in [-0.25, -0.2) is 8.42 Å². The van der Waals surface area contributed by atoms with Crippen LogP contribution in [0, 0.1) is 0 Å². The molecule has 1 aromatic rings. The molecule has 2 heterocycles. The molecular weight excluding hydrogens is 218 g/mol. The molecule has 0 unspecified atom stereocenters. The second-order valence-electron chi connectivity index (χ2n) is 3.55. The minimum atomic E-state index is -3.07. The normalized spacial score (nSPS) is 19.0. The van der Waals surface area contributed by atoms with Crippen molar-refractivity contribution in [2.45, 2.75) is 13.0 Å². The fourth-order valence-corrected chi connectivity index (χ4v) is 2.68. The van der Waals surface area contributed by atoms with E-state index in [1.54, 1.807) is 11.6 Å². The minimum Gasteiger partial charge on any atom is -0.505 e. The molecule has 15 heavy (non-hydrogen) atoms. The molecule has 0 amide bonds. The first-order valence-electron chi connectivity index (χ1n) is 4.74. The summed E-state index contributed by atoms with van der Waals surface area (Å²) in [6, 6.07) is 0.0484. The van der Waals surface area contributed by atoms with E-state index in [1.165, 1.54) is 16.7 Å². The molecule has 1 saturated heterocycles. The Kier molecular flexibility index (Phi) is 2.43. The molecule has 0 aromatic carbocycles. The molecule has 6 nitrogen and oxygen atoms in total. The lowest BCUT2D eigenvalue weighted by Crippen LogP contribution is -2.51. The van der Waals surface area contributed by atoms with E-state index >= 15 is 0 Å². The molecule has 1 fully saturated rings. The van der Waals surface area contributed by atoms with E-state index in [0.717, 1.165) is 0 Å². The topological polar surface area (TPSA) is 75.4 Å². The van der Waals surface area contributed by atoms with Gasteiger partial charge in [-0.05, 0) is 6.92 Å². The van der Waals surface area contributed by atoms with Crippen LogP contribution in [0.15, 0.2) is 12.4 Å². The molecule has 0 saturated carbocycles. The molecule has 1 aromatic heterocycles. The number of rotatable bonds is 3. The van der Waals surface area contributed by atoms with Gasteiger partial charge in [0.2, 0.25) is 10.0 Å². The third-order valence-electron chi connectivity index (χ3n) is 2.55. The van der Waals surface area contributed by atoms with Crippen LogP contribution in [0.5, 0.6) is 5.75 Å². The first-order chi connectivity index (χ1) is 7.03. The van der Waals surface area contributed by atoms with Crippen LogP contribution < -0.4 is 0 Å². The van der Waals surface area contributed by atoms with Crippen molar-refractivity contribution in [3.8, 4) is 5.75 Å². The zero-order valence-electron chi connectivity index (χ0n) is 8.37. The first kappa shape index (κ1) is 10.4. The molecule has 1 N–H and O–H groups in total. The smallest absolute Gasteiger partial charge is 0.213 e. The number of hydrogen-bond acceptors (Lipinski definition) is 4. The molecule has 7 heteroatoms. The highest BCUT2D eigenvalue weighted by molar-refractivity contribution is 7.89. The van der Waals surface area contributed by atoms with Gasteiger partial charge in [0, 0.05) is 13.1 Å². The Labute approximate surface area is 88.2 Å². The Balaban J connectivity index is 2.00. The summed E-state index contributed by atoms with van der Waals surface area (Å²) in [5, 5.41) is 13.0. The Bertz CT molecular complexity index is 447. The lowest BCUT2D eigenvalue weighted by Gasteiger charge is -2.37. The van der Waals surface area contributed by atoms with E-state index < -0.39 is 10.0 Å². The van der Waals surface area contributed by atoms with E-state index in [-0.39, 0.29) is 17.5 Å². The SMILES string of the molecule is CCS(=O)(=O)N1CC(n2cc(O)cn2)C1. The molecule has 0 aliphatic carbocycles. The molecular formula is C8H13N3O3S. The minimum absolute atomic E-state index is 0.0484. The van der Waals surface area contributed by atoms with E-state index in [1.807, 2.05) is 0 Å². The summed E-state index contributed by atoms with van der Waals surface area (Å²) >= 11 is 0. The highest BCUT2D eigenvalue weighted by Crippen LogP contribution is 2.24. The summed E-state index contributed by atoms with van der Waals surface area (Å²) in [7, 11) is -3.07. The van der Waals surface area contributed by atoms with Gasteiger partial charge in [-0.1, -0.05) is 0 Å². The summed E-state index contributed by atoms with van der Waals surface area (Å²) in [5.74, 6) is 0.233. The molecule has 0 spiro atoms. The summed E-state index contributed by atoms with van der Waals surface area (Å²) in [6.07, 6.45) is 2.84. The van der Waals surface area contributed by atoms with Crippen molar-refractivity contribution in [1.82, 2.24) is 14.1 Å². The molecule has 0 radical (unpaired) electrons. The van der Waals surface area contributed by atoms with Crippen molar-refractivity contribution in [2.24, 2.45) is 0 Å². The highest BCUT2D eigenvalue weighted by Gasteiger charge is 2.36. The van der Waals surface area contributed by atoms with Crippen molar-refractivity contribution in [3.63, 3.8) is 0 Å². The van der Waals surface area contributed by atoms with Crippen LogP contribution in [0.3, 0.4) is 0 Å². The van der Waals surface area contributed by atoms with Gasteiger partial charge in [-0.2, -0.15) is 9.40 Å². The lowest BCUT2D eigenvalue weighted by atomic mass is 10.2. The monoisotopic (exact) mass is 231 g/mol. The molecule has 2 rings (SSSR count). The zero-order valence-corrected chi connectivity index (χ0v) is 9.18. The number of hydrogen-bond donors (Lipinski definition) is 1. The van der Waals surface area contributed by atoms with Gasteiger partial charge >= 0.3 is 0 Å². The zero-order chi connectivity index (χ0) is 11.1. The molecule has 0 bridgehead atoms. The largest absolute Gasteiger partial charge is 0.505 e. The van der Waals surface area contributed by atoms with Crippen LogP contribution in [0.4, 0.5) is 0 Å². The number of nitrogens with zero attached hydrogens (tertiary/aromatic N) is 3. The average molecular weight is 231 g/mol. The second-order valence-corrected chi connectivity index (χ2v) is 5.81. The van der Waals surface area contributed by atoms with Crippen LogP contribution in [0.2, 0.25) is 0 Å². The van der Waals surface area contributed by atoms with Crippen molar-refractivity contribution in [3.05, 3.63) is 12.4 Å². The van der Waals surface area contributed by atoms with Crippen LogP contribution in [0.25, 0.3) is 0 Å². The summed E-state index contributed by atoms with van der Waals surface area (Å²) in [5.41, 5.74) is 0. The predicted molar refractivity (Wildman–Crippen MR) is 54.0 cm³/mol. The van der Waals surface area contributed by atoms with Crippen LogP contribution in [-0.4, -0.2) is 46.5 Å². The van der Waals surface area contributed by atoms with E-state index in [9.17, 15) is 8.42 Å². The average Bonchev–Trinajstić information content (AvgIpc) is 2.49. The Morgan fingerprint density at radius 3 is 2.73 bits per heavy atom. The van der Waals surface area contributed by atoms with Crippen molar-refractivity contribution >= 4 is 10.0 Å². The van der Waals surface area contributed by atoms with E-state index in [4.69, 9.17) is 5.11 Å². The van der Waals surface area contributed by atoms with Crippen LogP contribution >= 0.6 is 0 Å². The standard InChI is InChI=1S/C8H13N3O3S/c1-2-15(13,14)10-4-7(5-10)11-6-8(12)3-9-11/h3,6-7,12H,2,4-5H2,1H3. The highest BCUT2D eigenvalue weighted by atomic mass is 32.2. The van der Waals surface area contributed by atoms with Crippen molar-refractivity contribution in [2.75, 3.05) is 18.8 Å². The first-order valence-corrected chi connectivity index (χ1v) is 6.35. The van der Waals surface area contributed by atoms with E-state index in [2.05, 4.69) is 5.10 Å². The van der Waals surface area contributed by atoms with Gasteiger partial charge in [-0.15, -0.1) is 0 Å². The van der Waals surface area contributed by atoms with Gasteiger partial charge in [-0.3, -0.25) is 4.68 Å². The Morgan fingerprint density at radius 1 is 1.60 bits per heavy atom. The summed E-state index contributed by atoms with van der Waals surface area (Å²) in [4.78, 5) is 0. The number of aromatic hydroxyl groups is 1. The van der Waals surface area contributed by atoms with Crippen LogP contribution in [0.1, 0.15) is 13.0 Å². The van der Waals surface area contributed by atoms with Gasteiger partial charge in [0.15, 0.2) is 5.75 Å². The fraction of sp³-hybridized carbons (Fsp3) is 0.625. The summed E-state index contributed by atoms with van der Waals surface area (Å²) < 4.78 is 25.8. The maximum atomic E-state index is 11.4. The molecule has 1 aliphatic heterocycles. The quantitative estimate of drug-likeness (QED) is 0.781. The Morgan fingerprint density at radius 2 is 2.27 bits per heavy atom. The maximum Gasteiger partial charge on any atom is 0.213 e. The van der Waals surface area contributed by atoms with Crippen molar-refractivity contribution in [1.29, 1.82) is 0 Å². The third kappa shape index (κ3) is 1.84. The third-order valence-corrected chi connectivity index (χ3v) is 4.36. The predicted octanol–water partition coefficient (Wildman–Crippen LogP) is -0.205. The lowest BCUT2D eigenvalue weighted by molar-refractivity contribution is 0.191. The molecule has 0 atom stereocenters. The second kappa shape index (κ2) is 3.49. The molecule has 1 aliphatic rings. The van der Waals surface area contributed by atoms with Crippen molar-refractivity contribution < 1.29 is 13.5 Å². The number of sulfonamides is 1. The van der Waals surface area contributed by atoms with Gasteiger partial charge in [0.1, 0.15) is 0 Å². The van der Waals surface area contributed by atoms with Gasteiger partial charge in [0.05, 0.1) is 24.2 Å². The summed E-state index contributed by atoms with van der Waals surface area (Å²) in [6.45, 7) is 2.51.